The first-order chi connectivity index (χ1) is 14.0. The molecule has 1 aromatic carbocycles. The molecule has 2 atom stereocenters. The van der Waals surface area contributed by atoms with Crippen LogP contribution in [0.25, 0.3) is 0 Å². The Hall–Kier alpha value is -1.48. The average Bonchev–Trinajstić information content (AvgIpc) is 2.75. The molecule has 7 nitrogen and oxygen atoms in total. The zero-order valence-electron chi connectivity index (χ0n) is 16.8. The van der Waals surface area contributed by atoms with Crippen LogP contribution in [0.4, 0.5) is 0 Å². The molecule has 2 aliphatic heterocycles. The SMILES string of the molecule is O=C(CN1CCC(NS(=O)(=O)c2ccccc2)CC1)N1CCOC2CCCCC21. The van der Waals surface area contributed by atoms with Crippen molar-refractivity contribution in [3.05, 3.63) is 30.3 Å². The zero-order valence-corrected chi connectivity index (χ0v) is 17.6. The van der Waals surface area contributed by atoms with Gasteiger partial charge in [-0.25, -0.2) is 13.1 Å². The fourth-order valence-electron chi connectivity index (χ4n) is 4.78. The Labute approximate surface area is 173 Å². The number of sulfonamides is 1. The molecule has 0 radical (unpaired) electrons. The van der Waals surface area contributed by atoms with Crippen LogP contribution < -0.4 is 4.72 Å². The molecule has 1 saturated carbocycles. The average molecular weight is 422 g/mol. The Kier molecular flexibility index (Phi) is 6.53. The third kappa shape index (κ3) is 4.99. The van der Waals surface area contributed by atoms with Crippen molar-refractivity contribution < 1.29 is 17.9 Å². The topological polar surface area (TPSA) is 79.0 Å². The molecule has 1 N–H and O–H groups in total. The Morgan fingerprint density at radius 1 is 1.03 bits per heavy atom. The number of nitrogens with zero attached hydrogens (tertiary/aromatic N) is 2. The lowest BCUT2D eigenvalue weighted by Crippen LogP contribution is -2.57. The lowest BCUT2D eigenvalue weighted by molar-refractivity contribution is -0.150. The van der Waals surface area contributed by atoms with Crippen molar-refractivity contribution in [2.24, 2.45) is 0 Å². The number of carbonyl (C=O) groups is 1. The lowest BCUT2D eigenvalue weighted by atomic mass is 9.90. The number of hydrogen-bond acceptors (Lipinski definition) is 5. The maximum Gasteiger partial charge on any atom is 0.240 e. The number of hydrogen-bond donors (Lipinski definition) is 1. The van der Waals surface area contributed by atoms with Crippen LogP contribution in [0.3, 0.4) is 0 Å². The summed E-state index contributed by atoms with van der Waals surface area (Å²) in [6, 6.07) is 8.63. The van der Waals surface area contributed by atoms with Crippen LogP contribution >= 0.6 is 0 Å². The highest BCUT2D eigenvalue weighted by Gasteiger charge is 2.37. The van der Waals surface area contributed by atoms with Crippen molar-refractivity contribution in [1.29, 1.82) is 0 Å². The molecule has 1 aromatic rings. The summed E-state index contributed by atoms with van der Waals surface area (Å²) < 4.78 is 33.7. The highest BCUT2D eigenvalue weighted by atomic mass is 32.2. The molecule has 0 aromatic heterocycles. The standard InChI is InChI=1S/C21H31N3O4S/c25-21(24-14-15-28-20-9-5-4-8-19(20)24)16-23-12-10-17(11-13-23)22-29(26,27)18-6-2-1-3-7-18/h1-3,6-7,17,19-20,22H,4-5,8-16H2. The third-order valence-corrected chi connectivity index (χ3v) is 7.91. The number of likely N-dealkylation sites (tertiary alicyclic amines) is 1. The summed E-state index contributed by atoms with van der Waals surface area (Å²) in [6.07, 6.45) is 6.10. The van der Waals surface area contributed by atoms with Crippen molar-refractivity contribution in [2.45, 2.75) is 61.6 Å². The summed E-state index contributed by atoms with van der Waals surface area (Å²) in [4.78, 5) is 17.4. The normalized spacial score (nSPS) is 26.8. The van der Waals surface area contributed by atoms with E-state index in [9.17, 15) is 13.2 Å². The number of amides is 1. The van der Waals surface area contributed by atoms with Gasteiger partial charge in [0.1, 0.15) is 0 Å². The molecule has 160 valence electrons. The summed E-state index contributed by atoms with van der Waals surface area (Å²) >= 11 is 0. The van der Waals surface area contributed by atoms with E-state index in [4.69, 9.17) is 4.74 Å². The molecule has 8 heteroatoms. The monoisotopic (exact) mass is 421 g/mol. The molecule has 0 bridgehead atoms. The third-order valence-electron chi connectivity index (χ3n) is 6.37. The first-order valence-corrected chi connectivity index (χ1v) is 12.2. The van der Waals surface area contributed by atoms with E-state index < -0.39 is 10.0 Å². The van der Waals surface area contributed by atoms with Crippen molar-refractivity contribution in [3.8, 4) is 0 Å². The number of benzene rings is 1. The van der Waals surface area contributed by atoms with Crippen LogP contribution in [0.2, 0.25) is 0 Å². The van der Waals surface area contributed by atoms with Crippen LogP contribution in [0.15, 0.2) is 35.2 Å². The summed E-state index contributed by atoms with van der Waals surface area (Å²) in [5.41, 5.74) is 0. The van der Waals surface area contributed by atoms with Gasteiger partial charge in [0.15, 0.2) is 0 Å². The Morgan fingerprint density at radius 2 is 1.76 bits per heavy atom. The van der Waals surface area contributed by atoms with Crippen LogP contribution in [0, 0.1) is 0 Å². The van der Waals surface area contributed by atoms with E-state index >= 15 is 0 Å². The van der Waals surface area contributed by atoms with Gasteiger partial charge in [-0.3, -0.25) is 9.69 Å². The van der Waals surface area contributed by atoms with Gasteiger partial charge in [0.25, 0.3) is 0 Å². The van der Waals surface area contributed by atoms with Crippen LogP contribution in [0.5, 0.6) is 0 Å². The molecule has 0 spiro atoms. The molecule has 2 heterocycles. The minimum Gasteiger partial charge on any atom is -0.374 e. The molecule has 1 aliphatic carbocycles. The quantitative estimate of drug-likeness (QED) is 0.781. The Bertz CT molecular complexity index is 791. The van der Waals surface area contributed by atoms with Crippen molar-refractivity contribution in [3.63, 3.8) is 0 Å². The Morgan fingerprint density at radius 3 is 2.52 bits per heavy atom. The second kappa shape index (κ2) is 9.12. The summed E-state index contributed by atoms with van der Waals surface area (Å²) in [5.74, 6) is 0.188. The van der Waals surface area contributed by atoms with Crippen LogP contribution in [-0.2, 0) is 19.6 Å². The van der Waals surface area contributed by atoms with Gasteiger partial charge >= 0.3 is 0 Å². The van der Waals surface area contributed by atoms with Gasteiger partial charge in [-0.15, -0.1) is 0 Å². The number of nitrogens with one attached hydrogen (secondary N) is 1. The smallest absolute Gasteiger partial charge is 0.240 e. The maximum absolute atomic E-state index is 12.9. The number of ether oxygens (including phenoxy) is 1. The van der Waals surface area contributed by atoms with Crippen molar-refractivity contribution in [1.82, 2.24) is 14.5 Å². The second-order valence-corrected chi connectivity index (χ2v) is 10.0. The number of carbonyl (C=O) groups excluding carboxylic acids is 1. The molecule has 29 heavy (non-hydrogen) atoms. The van der Waals surface area contributed by atoms with Gasteiger partial charge in [-0.05, 0) is 37.8 Å². The first-order valence-electron chi connectivity index (χ1n) is 10.7. The van der Waals surface area contributed by atoms with Crippen LogP contribution in [0.1, 0.15) is 38.5 Å². The number of morpholine rings is 1. The minimum absolute atomic E-state index is 0.0855. The highest BCUT2D eigenvalue weighted by molar-refractivity contribution is 7.89. The Balaban J connectivity index is 1.27. The number of rotatable bonds is 5. The summed E-state index contributed by atoms with van der Waals surface area (Å²) in [7, 11) is -3.49. The van der Waals surface area contributed by atoms with Gasteiger partial charge < -0.3 is 9.64 Å². The fourth-order valence-corrected chi connectivity index (χ4v) is 6.11. The molecule has 2 saturated heterocycles. The molecular weight excluding hydrogens is 390 g/mol. The minimum atomic E-state index is -3.49. The summed E-state index contributed by atoms with van der Waals surface area (Å²) in [6.45, 7) is 3.20. The van der Waals surface area contributed by atoms with Crippen molar-refractivity contribution in [2.75, 3.05) is 32.8 Å². The highest BCUT2D eigenvalue weighted by Crippen LogP contribution is 2.28. The van der Waals surface area contributed by atoms with Gasteiger partial charge in [-0.2, -0.15) is 0 Å². The second-order valence-electron chi connectivity index (χ2n) is 8.33. The van der Waals surface area contributed by atoms with E-state index in [1.54, 1.807) is 30.3 Å². The van der Waals surface area contributed by atoms with E-state index in [1.807, 2.05) is 4.90 Å². The van der Waals surface area contributed by atoms with Gasteiger partial charge in [-0.1, -0.05) is 31.0 Å². The van der Waals surface area contributed by atoms with Crippen molar-refractivity contribution >= 4 is 15.9 Å². The van der Waals surface area contributed by atoms with E-state index in [2.05, 4.69) is 9.62 Å². The van der Waals surface area contributed by atoms with Gasteiger partial charge in [0.2, 0.25) is 15.9 Å². The predicted molar refractivity (Wildman–Crippen MR) is 110 cm³/mol. The fraction of sp³-hybridized carbons (Fsp3) is 0.667. The summed E-state index contributed by atoms with van der Waals surface area (Å²) in [5, 5.41) is 0. The van der Waals surface area contributed by atoms with Gasteiger partial charge in [0.05, 0.1) is 30.2 Å². The molecular formula is C21H31N3O4S. The molecule has 4 rings (SSSR count). The number of piperidine rings is 1. The molecule has 3 aliphatic rings. The lowest BCUT2D eigenvalue weighted by Gasteiger charge is -2.44. The number of fused-ring (bicyclic) bond motifs is 1. The molecule has 3 fully saturated rings. The van der Waals surface area contributed by atoms with Gasteiger partial charge in [0, 0.05) is 25.7 Å². The first kappa shape index (κ1) is 20.8. The van der Waals surface area contributed by atoms with E-state index in [0.717, 1.165) is 25.9 Å². The predicted octanol–water partition coefficient (Wildman–Crippen LogP) is 1.60. The zero-order chi connectivity index (χ0) is 20.3. The van der Waals surface area contributed by atoms with E-state index in [1.165, 1.54) is 12.8 Å². The van der Waals surface area contributed by atoms with E-state index in [-0.39, 0.29) is 24.1 Å². The maximum atomic E-state index is 12.9. The largest absolute Gasteiger partial charge is 0.374 e. The van der Waals surface area contributed by atoms with Crippen LogP contribution in [-0.4, -0.2) is 75.1 Å². The van der Waals surface area contributed by atoms with E-state index in [0.29, 0.717) is 37.4 Å². The molecule has 2 unspecified atom stereocenters. The molecule has 1 amide bonds.